The number of nitro groups is 1. The van der Waals surface area contributed by atoms with Gasteiger partial charge in [0.05, 0.1) is 11.0 Å². The lowest BCUT2D eigenvalue weighted by Crippen LogP contribution is -2.20. The number of nitrogens with zero attached hydrogens (tertiary/aromatic N) is 2. The van der Waals surface area contributed by atoms with Crippen LogP contribution in [-0.4, -0.2) is 27.7 Å². The summed E-state index contributed by atoms with van der Waals surface area (Å²) in [6.07, 6.45) is 0.918. The molecule has 17 heavy (non-hydrogen) atoms. The van der Waals surface area contributed by atoms with Gasteiger partial charge in [-0.2, -0.15) is 0 Å². The molecule has 7 nitrogen and oxygen atoms in total. The monoisotopic (exact) mass is 240 g/mol. The number of nitrogens with two attached hydrogens (primary N) is 1. The van der Waals surface area contributed by atoms with E-state index in [2.05, 4.69) is 10.3 Å². The number of aliphatic hydroxyl groups is 1. The van der Waals surface area contributed by atoms with Crippen LogP contribution in [0.1, 0.15) is 19.8 Å². The highest BCUT2D eigenvalue weighted by atomic mass is 16.6. The molecule has 1 unspecified atom stereocenters. The fourth-order valence-corrected chi connectivity index (χ4v) is 1.39. The van der Waals surface area contributed by atoms with Crippen molar-refractivity contribution in [3.63, 3.8) is 0 Å². The van der Waals surface area contributed by atoms with Gasteiger partial charge < -0.3 is 16.2 Å². The first-order valence-electron chi connectivity index (χ1n) is 5.37. The minimum absolute atomic E-state index is 0.0881. The highest BCUT2D eigenvalue weighted by Gasteiger charge is 2.16. The van der Waals surface area contributed by atoms with Gasteiger partial charge in [-0.25, -0.2) is 4.98 Å². The summed E-state index contributed by atoms with van der Waals surface area (Å²) in [5.41, 5.74) is 5.31. The summed E-state index contributed by atoms with van der Waals surface area (Å²) in [6, 6.07) is 2.66. The second-order valence-electron chi connectivity index (χ2n) is 3.68. The molecule has 4 N–H and O–H groups in total. The highest BCUT2D eigenvalue weighted by molar-refractivity contribution is 5.59. The topological polar surface area (TPSA) is 114 Å². The molecular weight excluding hydrogens is 224 g/mol. The van der Waals surface area contributed by atoms with Gasteiger partial charge in [-0.05, 0) is 12.5 Å². The summed E-state index contributed by atoms with van der Waals surface area (Å²) in [7, 11) is 0. The van der Waals surface area contributed by atoms with Crippen LogP contribution in [0.2, 0.25) is 0 Å². The van der Waals surface area contributed by atoms with Crippen molar-refractivity contribution in [3.05, 3.63) is 22.2 Å². The van der Waals surface area contributed by atoms with Gasteiger partial charge in [-0.3, -0.25) is 10.1 Å². The van der Waals surface area contributed by atoms with Crippen LogP contribution in [0.4, 0.5) is 17.3 Å². The lowest BCUT2D eigenvalue weighted by Gasteiger charge is -2.11. The first kappa shape index (κ1) is 13.2. The van der Waals surface area contributed by atoms with Crippen LogP contribution in [0.25, 0.3) is 0 Å². The van der Waals surface area contributed by atoms with E-state index < -0.39 is 11.0 Å². The van der Waals surface area contributed by atoms with Crippen LogP contribution >= 0.6 is 0 Å². The van der Waals surface area contributed by atoms with E-state index in [0.29, 0.717) is 6.42 Å². The minimum Gasteiger partial charge on any atom is -0.391 e. The molecule has 0 saturated heterocycles. The number of anilines is 2. The van der Waals surface area contributed by atoms with Crippen LogP contribution in [0, 0.1) is 10.1 Å². The molecule has 1 rings (SSSR count). The quantitative estimate of drug-likeness (QED) is 0.507. The van der Waals surface area contributed by atoms with E-state index in [4.69, 9.17) is 5.73 Å². The third kappa shape index (κ3) is 3.87. The number of hydrogen-bond donors (Lipinski definition) is 3. The summed E-state index contributed by atoms with van der Waals surface area (Å²) in [4.78, 5) is 14.0. The van der Waals surface area contributed by atoms with Crippen LogP contribution in [0.5, 0.6) is 0 Å². The number of aliphatic hydroxyl groups excluding tert-OH is 1. The number of hydrogen-bond acceptors (Lipinski definition) is 6. The molecule has 0 fully saturated rings. The van der Waals surface area contributed by atoms with Gasteiger partial charge in [0.15, 0.2) is 0 Å². The Balaban J connectivity index is 2.75. The Morgan fingerprint density at radius 2 is 2.35 bits per heavy atom. The molecule has 0 aliphatic carbocycles. The van der Waals surface area contributed by atoms with Gasteiger partial charge in [0.1, 0.15) is 5.82 Å². The molecule has 1 atom stereocenters. The van der Waals surface area contributed by atoms with Crippen molar-refractivity contribution in [1.82, 2.24) is 4.98 Å². The van der Waals surface area contributed by atoms with Gasteiger partial charge >= 0.3 is 5.69 Å². The normalized spacial score (nSPS) is 12.1. The number of pyridine rings is 1. The first-order chi connectivity index (χ1) is 8.04. The zero-order valence-corrected chi connectivity index (χ0v) is 9.59. The predicted octanol–water partition coefficient (Wildman–Crippen LogP) is 1.14. The van der Waals surface area contributed by atoms with Gasteiger partial charge in [-0.1, -0.05) is 13.3 Å². The molecule has 1 heterocycles. The Labute approximate surface area is 98.8 Å². The van der Waals surface area contributed by atoms with Crippen molar-refractivity contribution in [2.45, 2.75) is 25.9 Å². The fourth-order valence-electron chi connectivity index (χ4n) is 1.39. The molecule has 0 radical (unpaired) electrons. The van der Waals surface area contributed by atoms with E-state index in [-0.39, 0.29) is 23.9 Å². The van der Waals surface area contributed by atoms with Crippen molar-refractivity contribution in [1.29, 1.82) is 0 Å². The lowest BCUT2D eigenvalue weighted by molar-refractivity contribution is -0.384. The molecule has 1 aromatic rings. The average Bonchev–Trinajstić information content (AvgIpc) is 2.26. The third-order valence-electron chi connectivity index (χ3n) is 2.22. The average molecular weight is 240 g/mol. The molecule has 0 amide bonds. The van der Waals surface area contributed by atoms with Crippen LogP contribution in [-0.2, 0) is 0 Å². The maximum absolute atomic E-state index is 10.7. The van der Waals surface area contributed by atoms with E-state index in [1.165, 1.54) is 12.1 Å². The van der Waals surface area contributed by atoms with Crippen molar-refractivity contribution in [2.75, 3.05) is 17.6 Å². The Morgan fingerprint density at radius 3 is 2.94 bits per heavy atom. The summed E-state index contributed by atoms with van der Waals surface area (Å²) >= 11 is 0. The zero-order chi connectivity index (χ0) is 12.8. The summed E-state index contributed by atoms with van der Waals surface area (Å²) in [5.74, 6) is 0.285. The van der Waals surface area contributed by atoms with Gasteiger partial charge in [0, 0.05) is 12.6 Å². The van der Waals surface area contributed by atoms with E-state index >= 15 is 0 Å². The SMILES string of the molecule is CCCC(O)CNc1nc(N)ccc1[N+](=O)[O-]. The largest absolute Gasteiger partial charge is 0.391 e. The number of nitrogen functional groups attached to an aromatic ring is 1. The van der Waals surface area contributed by atoms with Crippen LogP contribution < -0.4 is 11.1 Å². The Kier molecular flexibility index (Phi) is 4.65. The molecule has 0 aliphatic heterocycles. The molecule has 0 bridgehead atoms. The predicted molar refractivity (Wildman–Crippen MR) is 64.7 cm³/mol. The standard InChI is InChI=1S/C10H16N4O3/c1-2-3-7(15)6-12-10-8(14(16)17)4-5-9(11)13-10/h4-5,7,15H,2-3,6H2,1H3,(H3,11,12,13). The number of rotatable bonds is 6. The molecule has 0 aromatic carbocycles. The Bertz CT molecular complexity index is 397. The third-order valence-corrected chi connectivity index (χ3v) is 2.22. The van der Waals surface area contributed by atoms with Crippen molar-refractivity contribution in [3.8, 4) is 0 Å². The zero-order valence-electron chi connectivity index (χ0n) is 9.59. The molecule has 0 saturated carbocycles. The van der Waals surface area contributed by atoms with Crippen molar-refractivity contribution in [2.24, 2.45) is 0 Å². The van der Waals surface area contributed by atoms with E-state index in [1.807, 2.05) is 6.92 Å². The maximum Gasteiger partial charge on any atom is 0.311 e. The van der Waals surface area contributed by atoms with Gasteiger partial charge in [0.2, 0.25) is 5.82 Å². The molecule has 7 heteroatoms. The second kappa shape index (κ2) is 6.00. The van der Waals surface area contributed by atoms with Gasteiger partial charge in [0.25, 0.3) is 0 Å². The molecule has 0 spiro atoms. The van der Waals surface area contributed by atoms with Gasteiger partial charge in [-0.15, -0.1) is 0 Å². The van der Waals surface area contributed by atoms with Crippen LogP contribution in [0.15, 0.2) is 12.1 Å². The lowest BCUT2D eigenvalue weighted by atomic mass is 10.2. The number of aromatic nitrogens is 1. The molecule has 94 valence electrons. The highest BCUT2D eigenvalue weighted by Crippen LogP contribution is 2.22. The van der Waals surface area contributed by atoms with E-state index in [9.17, 15) is 15.2 Å². The maximum atomic E-state index is 10.7. The Hall–Kier alpha value is -1.89. The fraction of sp³-hybridized carbons (Fsp3) is 0.500. The summed E-state index contributed by atoms with van der Waals surface area (Å²) < 4.78 is 0. The van der Waals surface area contributed by atoms with E-state index in [0.717, 1.165) is 6.42 Å². The number of nitrogens with one attached hydrogen (secondary N) is 1. The first-order valence-corrected chi connectivity index (χ1v) is 5.37. The summed E-state index contributed by atoms with van der Waals surface area (Å²) in [5, 5.41) is 23.0. The molecule has 0 aliphatic rings. The molecule has 1 aromatic heterocycles. The second-order valence-corrected chi connectivity index (χ2v) is 3.68. The van der Waals surface area contributed by atoms with Crippen molar-refractivity contribution >= 4 is 17.3 Å². The van der Waals surface area contributed by atoms with E-state index in [1.54, 1.807) is 0 Å². The summed E-state index contributed by atoms with van der Waals surface area (Å²) in [6.45, 7) is 2.16. The molecular formula is C10H16N4O3. The smallest absolute Gasteiger partial charge is 0.311 e. The Morgan fingerprint density at radius 1 is 1.65 bits per heavy atom. The van der Waals surface area contributed by atoms with Crippen molar-refractivity contribution < 1.29 is 10.0 Å². The minimum atomic E-state index is -0.553. The van der Waals surface area contributed by atoms with Crippen LogP contribution in [0.3, 0.4) is 0 Å².